The summed E-state index contributed by atoms with van der Waals surface area (Å²) in [7, 11) is 0. The molecular formula is C16H25NO2S. The van der Waals surface area contributed by atoms with Crippen molar-refractivity contribution in [3.63, 3.8) is 0 Å². The number of carbonyl (C=O) groups excluding carboxylic acids is 1. The number of rotatable bonds is 8. The second-order valence-electron chi connectivity index (χ2n) is 5.45. The van der Waals surface area contributed by atoms with E-state index in [0.717, 1.165) is 23.5 Å². The molecule has 1 aromatic rings. The maximum absolute atomic E-state index is 11.7. The van der Waals surface area contributed by atoms with Crippen LogP contribution in [-0.4, -0.2) is 29.6 Å². The van der Waals surface area contributed by atoms with Crippen LogP contribution >= 0.6 is 11.8 Å². The van der Waals surface area contributed by atoms with Gasteiger partial charge in [0, 0.05) is 11.3 Å². The number of hydrogen-bond donors (Lipinski definition) is 1. The molecule has 0 aliphatic heterocycles. The van der Waals surface area contributed by atoms with Gasteiger partial charge in [0.2, 0.25) is 5.91 Å². The Labute approximate surface area is 126 Å². The number of benzene rings is 1. The Bertz CT molecular complexity index is 432. The summed E-state index contributed by atoms with van der Waals surface area (Å²) in [6, 6.07) is 7.96. The zero-order valence-corrected chi connectivity index (χ0v) is 13.7. The van der Waals surface area contributed by atoms with Gasteiger partial charge >= 0.3 is 0 Å². The summed E-state index contributed by atoms with van der Waals surface area (Å²) in [5, 5.41) is 3.02. The molecule has 0 atom stereocenters. The summed E-state index contributed by atoms with van der Waals surface area (Å²) in [6.45, 7) is 8.81. The first-order chi connectivity index (χ1) is 9.44. The molecule has 0 aliphatic rings. The molecule has 0 fully saturated rings. The standard InChI is InChI=1S/C16H25NO2S/c1-5-16(3,4)17-15(18)12-20-11-10-19-14-9-7-6-8-13(14)2/h6-9H,5,10-12H2,1-4H3,(H,17,18). The van der Waals surface area contributed by atoms with Crippen molar-refractivity contribution in [3.05, 3.63) is 29.8 Å². The van der Waals surface area contributed by atoms with Crippen molar-refractivity contribution in [2.24, 2.45) is 0 Å². The first kappa shape index (κ1) is 16.9. The third-order valence-electron chi connectivity index (χ3n) is 3.17. The molecule has 3 nitrogen and oxygen atoms in total. The molecule has 20 heavy (non-hydrogen) atoms. The van der Waals surface area contributed by atoms with Crippen molar-refractivity contribution in [2.75, 3.05) is 18.1 Å². The number of ether oxygens (including phenoxy) is 1. The Hall–Kier alpha value is -1.16. The van der Waals surface area contributed by atoms with Crippen LogP contribution in [0.4, 0.5) is 0 Å². The molecule has 0 saturated heterocycles. The van der Waals surface area contributed by atoms with E-state index < -0.39 is 0 Å². The molecule has 0 heterocycles. The smallest absolute Gasteiger partial charge is 0.230 e. The molecule has 1 N–H and O–H groups in total. The van der Waals surface area contributed by atoms with Gasteiger partial charge in [-0.2, -0.15) is 0 Å². The van der Waals surface area contributed by atoms with Gasteiger partial charge in [-0.15, -0.1) is 11.8 Å². The third-order valence-corrected chi connectivity index (χ3v) is 4.10. The van der Waals surface area contributed by atoms with Crippen LogP contribution in [0.25, 0.3) is 0 Å². The molecule has 0 spiro atoms. The SMILES string of the molecule is CCC(C)(C)NC(=O)CSCCOc1ccccc1C. The van der Waals surface area contributed by atoms with E-state index in [0.29, 0.717) is 12.4 Å². The van der Waals surface area contributed by atoms with Gasteiger partial charge in [0.05, 0.1) is 12.4 Å². The minimum absolute atomic E-state index is 0.0951. The summed E-state index contributed by atoms with van der Waals surface area (Å²) in [4.78, 5) is 11.7. The lowest BCUT2D eigenvalue weighted by Gasteiger charge is -2.24. The fourth-order valence-electron chi connectivity index (χ4n) is 1.60. The normalized spacial score (nSPS) is 11.2. The van der Waals surface area contributed by atoms with Crippen LogP contribution in [0.15, 0.2) is 24.3 Å². The Morgan fingerprint density at radius 1 is 1.35 bits per heavy atom. The number of nitrogens with one attached hydrogen (secondary N) is 1. The van der Waals surface area contributed by atoms with E-state index in [4.69, 9.17) is 4.74 Å². The van der Waals surface area contributed by atoms with Gasteiger partial charge in [-0.3, -0.25) is 4.79 Å². The molecule has 0 saturated carbocycles. The molecule has 112 valence electrons. The molecule has 0 radical (unpaired) electrons. The van der Waals surface area contributed by atoms with Gasteiger partial charge in [-0.05, 0) is 38.8 Å². The molecule has 0 aromatic heterocycles. The Morgan fingerprint density at radius 2 is 2.05 bits per heavy atom. The van der Waals surface area contributed by atoms with E-state index in [1.54, 1.807) is 11.8 Å². The van der Waals surface area contributed by atoms with Gasteiger partial charge in [-0.1, -0.05) is 25.1 Å². The van der Waals surface area contributed by atoms with E-state index in [2.05, 4.69) is 12.2 Å². The van der Waals surface area contributed by atoms with Crippen LogP contribution in [0.1, 0.15) is 32.8 Å². The zero-order chi connectivity index (χ0) is 15.0. The Morgan fingerprint density at radius 3 is 2.70 bits per heavy atom. The van der Waals surface area contributed by atoms with Crippen LogP contribution in [0.3, 0.4) is 0 Å². The predicted molar refractivity (Wildman–Crippen MR) is 86.5 cm³/mol. The number of hydrogen-bond acceptors (Lipinski definition) is 3. The average molecular weight is 295 g/mol. The number of thioether (sulfide) groups is 1. The van der Waals surface area contributed by atoms with Crippen molar-refractivity contribution in [2.45, 2.75) is 39.7 Å². The van der Waals surface area contributed by atoms with Gasteiger partial charge in [0.25, 0.3) is 0 Å². The fraction of sp³-hybridized carbons (Fsp3) is 0.562. The molecular weight excluding hydrogens is 270 g/mol. The van der Waals surface area contributed by atoms with Crippen LogP contribution in [0.5, 0.6) is 5.75 Å². The van der Waals surface area contributed by atoms with E-state index in [1.807, 2.05) is 45.0 Å². The molecule has 1 amide bonds. The van der Waals surface area contributed by atoms with E-state index in [9.17, 15) is 4.79 Å². The lowest BCUT2D eigenvalue weighted by molar-refractivity contribution is -0.120. The molecule has 0 unspecified atom stereocenters. The van der Waals surface area contributed by atoms with Crippen LogP contribution in [0.2, 0.25) is 0 Å². The highest BCUT2D eigenvalue weighted by molar-refractivity contribution is 7.99. The van der Waals surface area contributed by atoms with Gasteiger partial charge in [-0.25, -0.2) is 0 Å². The summed E-state index contributed by atoms with van der Waals surface area (Å²) in [6.07, 6.45) is 0.930. The molecule has 4 heteroatoms. The number of para-hydroxylation sites is 1. The number of aryl methyl sites for hydroxylation is 1. The maximum atomic E-state index is 11.7. The number of amides is 1. The largest absolute Gasteiger partial charge is 0.492 e. The predicted octanol–water partition coefficient (Wildman–Crippen LogP) is 3.41. The highest BCUT2D eigenvalue weighted by Gasteiger charge is 2.17. The molecule has 1 aromatic carbocycles. The van der Waals surface area contributed by atoms with Crippen LogP contribution in [0, 0.1) is 6.92 Å². The maximum Gasteiger partial charge on any atom is 0.230 e. The Kier molecular flexibility index (Phi) is 6.93. The second-order valence-corrected chi connectivity index (χ2v) is 6.56. The first-order valence-electron chi connectivity index (χ1n) is 7.02. The first-order valence-corrected chi connectivity index (χ1v) is 8.17. The highest BCUT2D eigenvalue weighted by Crippen LogP contribution is 2.16. The van der Waals surface area contributed by atoms with Crippen molar-refractivity contribution >= 4 is 17.7 Å². The zero-order valence-electron chi connectivity index (χ0n) is 12.9. The molecule has 0 bridgehead atoms. The quantitative estimate of drug-likeness (QED) is 0.747. The van der Waals surface area contributed by atoms with Crippen LogP contribution in [-0.2, 0) is 4.79 Å². The lowest BCUT2D eigenvalue weighted by Crippen LogP contribution is -2.43. The van der Waals surface area contributed by atoms with E-state index in [-0.39, 0.29) is 11.4 Å². The number of carbonyl (C=O) groups is 1. The van der Waals surface area contributed by atoms with E-state index >= 15 is 0 Å². The summed E-state index contributed by atoms with van der Waals surface area (Å²) in [5.74, 6) is 2.32. The van der Waals surface area contributed by atoms with Gasteiger partial charge in [0.15, 0.2) is 0 Å². The van der Waals surface area contributed by atoms with Crippen molar-refractivity contribution in [3.8, 4) is 5.75 Å². The second kappa shape index (κ2) is 8.20. The summed E-state index contributed by atoms with van der Waals surface area (Å²) >= 11 is 1.60. The van der Waals surface area contributed by atoms with Gasteiger partial charge in [0.1, 0.15) is 5.75 Å². The summed E-state index contributed by atoms with van der Waals surface area (Å²) < 4.78 is 5.69. The Balaban J connectivity index is 2.17. The van der Waals surface area contributed by atoms with E-state index in [1.165, 1.54) is 0 Å². The highest BCUT2D eigenvalue weighted by atomic mass is 32.2. The molecule has 0 aliphatic carbocycles. The molecule has 1 rings (SSSR count). The monoisotopic (exact) mass is 295 g/mol. The van der Waals surface area contributed by atoms with Crippen molar-refractivity contribution in [1.29, 1.82) is 0 Å². The minimum atomic E-state index is -0.116. The van der Waals surface area contributed by atoms with Crippen molar-refractivity contribution in [1.82, 2.24) is 5.32 Å². The lowest BCUT2D eigenvalue weighted by atomic mass is 10.0. The fourth-order valence-corrected chi connectivity index (χ4v) is 2.20. The third kappa shape index (κ3) is 6.33. The summed E-state index contributed by atoms with van der Waals surface area (Å²) in [5.41, 5.74) is 1.02. The topological polar surface area (TPSA) is 38.3 Å². The van der Waals surface area contributed by atoms with Crippen LogP contribution < -0.4 is 10.1 Å². The average Bonchev–Trinajstić information content (AvgIpc) is 2.40. The van der Waals surface area contributed by atoms with Gasteiger partial charge < -0.3 is 10.1 Å². The van der Waals surface area contributed by atoms with Crippen molar-refractivity contribution < 1.29 is 9.53 Å². The minimum Gasteiger partial charge on any atom is -0.492 e.